The first kappa shape index (κ1) is 21.3. The third-order valence-electron chi connectivity index (χ3n) is 4.96. The van der Waals surface area contributed by atoms with E-state index in [0.29, 0.717) is 32.6 Å². The van der Waals surface area contributed by atoms with Crippen LogP contribution in [-0.2, 0) is 17.6 Å². The van der Waals surface area contributed by atoms with E-state index >= 15 is 0 Å². The zero-order chi connectivity index (χ0) is 19.9. The van der Waals surface area contributed by atoms with Crippen molar-refractivity contribution in [1.82, 2.24) is 15.1 Å². The highest BCUT2D eigenvalue weighted by atomic mass is 16.2. The Hall–Kier alpha value is -2.04. The molecule has 1 aliphatic rings. The second kappa shape index (κ2) is 9.77. The second-order valence-electron chi connectivity index (χ2n) is 8.61. The monoisotopic (exact) mass is 373 g/mol. The lowest BCUT2D eigenvalue weighted by molar-refractivity contribution is -0.131. The van der Waals surface area contributed by atoms with Crippen molar-refractivity contribution in [3.8, 4) is 0 Å². The minimum absolute atomic E-state index is 0.0183. The summed E-state index contributed by atoms with van der Waals surface area (Å²) in [6.07, 6.45) is 3.17. The predicted molar refractivity (Wildman–Crippen MR) is 110 cm³/mol. The maximum Gasteiger partial charge on any atom is 0.317 e. The quantitative estimate of drug-likeness (QED) is 0.859. The summed E-state index contributed by atoms with van der Waals surface area (Å²) in [5.74, 6) is 0.187. The summed E-state index contributed by atoms with van der Waals surface area (Å²) in [6, 6.07) is 8.50. The molecule has 0 aromatic heterocycles. The molecule has 1 heterocycles. The molecule has 1 aromatic rings. The molecule has 2 rings (SSSR count). The van der Waals surface area contributed by atoms with E-state index in [9.17, 15) is 9.59 Å². The normalized spacial score (nSPS) is 15.4. The van der Waals surface area contributed by atoms with Gasteiger partial charge in [0.05, 0.1) is 0 Å². The van der Waals surface area contributed by atoms with Gasteiger partial charge >= 0.3 is 6.03 Å². The molecule has 0 radical (unpaired) electrons. The van der Waals surface area contributed by atoms with Gasteiger partial charge in [-0.3, -0.25) is 4.79 Å². The van der Waals surface area contributed by atoms with Crippen molar-refractivity contribution < 1.29 is 9.59 Å². The maximum atomic E-state index is 12.6. The van der Waals surface area contributed by atoms with Crippen LogP contribution in [0.5, 0.6) is 0 Å². The fraction of sp³-hybridized carbons (Fsp3) is 0.636. The van der Waals surface area contributed by atoms with Crippen molar-refractivity contribution in [2.75, 3.05) is 32.7 Å². The Morgan fingerprint density at radius 1 is 0.963 bits per heavy atom. The van der Waals surface area contributed by atoms with Gasteiger partial charge in [0.15, 0.2) is 0 Å². The summed E-state index contributed by atoms with van der Waals surface area (Å²) in [5, 5.41) is 3.00. The summed E-state index contributed by atoms with van der Waals surface area (Å²) < 4.78 is 0. The molecule has 27 heavy (non-hydrogen) atoms. The lowest BCUT2D eigenvalue weighted by Gasteiger charge is -2.25. The van der Waals surface area contributed by atoms with Gasteiger partial charge in [-0.25, -0.2) is 4.79 Å². The number of hydrogen-bond donors (Lipinski definition) is 1. The first-order valence-corrected chi connectivity index (χ1v) is 10.2. The number of aryl methyl sites for hydroxylation is 2. The van der Waals surface area contributed by atoms with Gasteiger partial charge in [-0.2, -0.15) is 0 Å². The number of nitrogens with one attached hydrogen (secondary N) is 1. The smallest absolute Gasteiger partial charge is 0.317 e. The fourth-order valence-corrected chi connectivity index (χ4v) is 3.17. The Morgan fingerprint density at radius 3 is 2.19 bits per heavy atom. The Kier molecular flexibility index (Phi) is 7.69. The van der Waals surface area contributed by atoms with Crippen LogP contribution < -0.4 is 5.32 Å². The molecule has 0 unspecified atom stereocenters. The molecule has 1 aromatic carbocycles. The molecule has 0 aliphatic carbocycles. The molecule has 1 aliphatic heterocycles. The Balaban J connectivity index is 1.78. The van der Waals surface area contributed by atoms with Gasteiger partial charge < -0.3 is 15.1 Å². The third-order valence-corrected chi connectivity index (χ3v) is 4.96. The van der Waals surface area contributed by atoms with Crippen LogP contribution in [0.3, 0.4) is 0 Å². The summed E-state index contributed by atoms with van der Waals surface area (Å²) in [5.41, 5.74) is 2.60. The van der Waals surface area contributed by atoms with E-state index in [1.807, 2.05) is 9.80 Å². The minimum Gasteiger partial charge on any atom is -0.341 e. The molecular formula is C22H35N3O2. The van der Waals surface area contributed by atoms with Crippen LogP contribution in [-0.4, -0.2) is 54.5 Å². The van der Waals surface area contributed by atoms with E-state index in [0.717, 1.165) is 25.8 Å². The Bertz CT molecular complexity index is 619. The van der Waals surface area contributed by atoms with Crippen molar-refractivity contribution in [2.24, 2.45) is 5.41 Å². The average Bonchev–Trinajstić information content (AvgIpc) is 2.90. The number of hydrogen-bond acceptors (Lipinski definition) is 2. The number of nitrogens with zero attached hydrogens (tertiary/aromatic N) is 2. The summed E-state index contributed by atoms with van der Waals surface area (Å²) in [6.45, 7) is 11.8. The third kappa shape index (κ3) is 7.24. The number of carbonyl (C=O) groups excluding carboxylic acids is 2. The molecular weight excluding hydrogens is 338 g/mol. The molecule has 5 nitrogen and oxygen atoms in total. The van der Waals surface area contributed by atoms with E-state index in [4.69, 9.17) is 0 Å². The van der Waals surface area contributed by atoms with E-state index in [-0.39, 0.29) is 17.4 Å². The molecule has 1 fully saturated rings. The predicted octanol–water partition coefficient (Wildman–Crippen LogP) is 3.47. The molecule has 0 bridgehead atoms. The van der Waals surface area contributed by atoms with Crippen LogP contribution in [0.4, 0.5) is 4.79 Å². The zero-order valence-electron chi connectivity index (χ0n) is 17.4. The number of rotatable bonds is 5. The minimum atomic E-state index is -0.0183. The number of amides is 3. The molecule has 150 valence electrons. The van der Waals surface area contributed by atoms with Gasteiger partial charge in [0.25, 0.3) is 0 Å². The molecule has 5 heteroatoms. The van der Waals surface area contributed by atoms with Gasteiger partial charge in [0.2, 0.25) is 5.91 Å². The van der Waals surface area contributed by atoms with Gasteiger partial charge in [-0.05, 0) is 35.8 Å². The van der Waals surface area contributed by atoms with E-state index in [1.165, 1.54) is 11.1 Å². The van der Waals surface area contributed by atoms with Crippen molar-refractivity contribution in [2.45, 2.75) is 53.4 Å². The van der Waals surface area contributed by atoms with E-state index in [1.54, 1.807) is 0 Å². The number of benzene rings is 1. The van der Waals surface area contributed by atoms with E-state index in [2.05, 4.69) is 57.3 Å². The van der Waals surface area contributed by atoms with E-state index < -0.39 is 0 Å². The highest BCUT2D eigenvalue weighted by Gasteiger charge is 2.22. The van der Waals surface area contributed by atoms with Crippen LogP contribution in [0.2, 0.25) is 0 Å². The van der Waals surface area contributed by atoms with Gasteiger partial charge in [0, 0.05) is 39.1 Å². The highest BCUT2D eigenvalue weighted by molar-refractivity contribution is 5.77. The van der Waals surface area contributed by atoms with Crippen molar-refractivity contribution in [3.05, 3.63) is 35.4 Å². The molecule has 0 atom stereocenters. The fourth-order valence-electron chi connectivity index (χ4n) is 3.17. The van der Waals surface area contributed by atoms with Crippen LogP contribution in [0.15, 0.2) is 24.3 Å². The second-order valence-corrected chi connectivity index (χ2v) is 8.61. The lowest BCUT2D eigenvalue weighted by atomic mass is 9.97. The maximum absolute atomic E-state index is 12.6. The number of carbonyl (C=O) groups is 2. The highest BCUT2D eigenvalue weighted by Crippen LogP contribution is 2.12. The standard InChI is InChI=1S/C22H35N3O2/c1-5-18-7-9-19(10-8-18)11-12-20(26)24-13-6-14-25(16-15-24)21(27)23-17-22(2,3)4/h7-10H,5-6,11-17H2,1-4H3,(H,23,27). The molecule has 0 saturated carbocycles. The average molecular weight is 374 g/mol. The van der Waals surface area contributed by atoms with Gasteiger partial charge in [-0.15, -0.1) is 0 Å². The largest absolute Gasteiger partial charge is 0.341 e. The van der Waals surface area contributed by atoms with Crippen molar-refractivity contribution >= 4 is 11.9 Å². The molecule has 0 spiro atoms. The van der Waals surface area contributed by atoms with Crippen molar-refractivity contribution in [1.29, 1.82) is 0 Å². The molecule has 3 amide bonds. The first-order valence-electron chi connectivity index (χ1n) is 10.2. The van der Waals surface area contributed by atoms with Gasteiger partial charge in [-0.1, -0.05) is 52.0 Å². The number of urea groups is 1. The summed E-state index contributed by atoms with van der Waals surface area (Å²) in [7, 11) is 0. The van der Waals surface area contributed by atoms with Crippen LogP contribution in [0.25, 0.3) is 0 Å². The molecule has 1 N–H and O–H groups in total. The van der Waals surface area contributed by atoms with Crippen LogP contribution in [0, 0.1) is 5.41 Å². The lowest BCUT2D eigenvalue weighted by Crippen LogP contribution is -2.44. The Morgan fingerprint density at radius 2 is 1.56 bits per heavy atom. The topological polar surface area (TPSA) is 52.7 Å². The molecule has 1 saturated heterocycles. The van der Waals surface area contributed by atoms with Gasteiger partial charge in [0.1, 0.15) is 0 Å². The zero-order valence-corrected chi connectivity index (χ0v) is 17.4. The van der Waals surface area contributed by atoms with Crippen molar-refractivity contribution in [3.63, 3.8) is 0 Å². The Labute approximate surface area is 164 Å². The summed E-state index contributed by atoms with van der Waals surface area (Å²) in [4.78, 5) is 28.7. The van der Waals surface area contributed by atoms with Crippen LogP contribution in [0.1, 0.15) is 51.7 Å². The first-order chi connectivity index (χ1) is 12.8. The SMILES string of the molecule is CCc1ccc(CCC(=O)N2CCCN(C(=O)NCC(C)(C)C)CC2)cc1. The summed E-state index contributed by atoms with van der Waals surface area (Å²) >= 11 is 0. The van der Waals surface area contributed by atoms with Crippen LogP contribution >= 0.6 is 0 Å².